The van der Waals surface area contributed by atoms with Crippen LogP contribution >= 0.6 is 0 Å². The van der Waals surface area contributed by atoms with Crippen LogP contribution in [-0.4, -0.2) is 34.8 Å². The van der Waals surface area contributed by atoms with E-state index < -0.39 is 0 Å². The molecule has 2 N–H and O–H groups in total. The second-order valence-electron chi connectivity index (χ2n) is 4.54. The first-order valence-corrected chi connectivity index (χ1v) is 6.00. The fourth-order valence-electron chi connectivity index (χ4n) is 1.59. The van der Waals surface area contributed by atoms with Crippen LogP contribution < -0.4 is 10.6 Å². The minimum absolute atomic E-state index is 0.00163. The number of carbonyl (C=O) groups is 1. The molecular weight excluding hydrogens is 216 g/mol. The third-order valence-corrected chi connectivity index (χ3v) is 2.40. The smallest absolute Gasteiger partial charge is 0.241 e. The van der Waals surface area contributed by atoms with Crippen molar-refractivity contribution < 1.29 is 4.79 Å². The Hall–Kier alpha value is -1.36. The van der Waals surface area contributed by atoms with Crippen LogP contribution in [0.1, 0.15) is 25.2 Å². The minimum Gasteiger partial charge on any atom is -0.353 e. The van der Waals surface area contributed by atoms with Gasteiger partial charge in [-0.3, -0.25) is 9.48 Å². The SMILES string of the molecule is Cc1cc(C)n(CC(=O)NCCNC(C)C)n1. The van der Waals surface area contributed by atoms with Crippen LogP contribution in [0, 0.1) is 13.8 Å². The van der Waals surface area contributed by atoms with Gasteiger partial charge in [-0.05, 0) is 19.9 Å². The molecule has 0 unspecified atom stereocenters. The zero-order valence-electron chi connectivity index (χ0n) is 11.1. The van der Waals surface area contributed by atoms with Gasteiger partial charge in [-0.25, -0.2) is 0 Å². The molecule has 5 nitrogen and oxygen atoms in total. The molecule has 1 amide bonds. The van der Waals surface area contributed by atoms with Gasteiger partial charge in [0.2, 0.25) is 5.91 Å². The van der Waals surface area contributed by atoms with E-state index in [-0.39, 0.29) is 5.91 Å². The first kappa shape index (κ1) is 13.7. The number of hydrogen-bond acceptors (Lipinski definition) is 3. The molecule has 1 rings (SSSR count). The van der Waals surface area contributed by atoms with E-state index in [0.717, 1.165) is 17.9 Å². The van der Waals surface area contributed by atoms with Crippen LogP contribution in [0.5, 0.6) is 0 Å². The van der Waals surface area contributed by atoms with Crippen LogP contribution in [0.15, 0.2) is 6.07 Å². The average molecular weight is 238 g/mol. The number of rotatable bonds is 6. The summed E-state index contributed by atoms with van der Waals surface area (Å²) in [4.78, 5) is 11.6. The van der Waals surface area contributed by atoms with E-state index in [1.165, 1.54) is 0 Å². The third-order valence-electron chi connectivity index (χ3n) is 2.40. The van der Waals surface area contributed by atoms with Gasteiger partial charge >= 0.3 is 0 Å². The van der Waals surface area contributed by atoms with Crippen LogP contribution in [0.2, 0.25) is 0 Å². The topological polar surface area (TPSA) is 59.0 Å². The lowest BCUT2D eigenvalue weighted by Crippen LogP contribution is -2.36. The monoisotopic (exact) mass is 238 g/mol. The van der Waals surface area contributed by atoms with Crippen LogP contribution in [-0.2, 0) is 11.3 Å². The number of nitrogens with one attached hydrogen (secondary N) is 2. The standard InChI is InChI=1S/C12H22N4O/c1-9(2)13-5-6-14-12(17)8-16-11(4)7-10(3)15-16/h7,9,13H,5-6,8H2,1-4H3,(H,14,17). The summed E-state index contributed by atoms with van der Waals surface area (Å²) in [5, 5.41) is 10.4. The Morgan fingerprint density at radius 3 is 2.65 bits per heavy atom. The summed E-state index contributed by atoms with van der Waals surface area (Å²) in [6, 6.07) is 2.41. The maximum absolute atomic E-state index is 11.6. The highest BCUT2D eigenvalue weighted by atomic mass is 16.2. The second kappa shape index (κ2) is 6.39. The summed E-state index contributed by atoms with van der Waals surface area (Å²) in [7, 11) is 0. The minimum atomic E-state index is 0.00163. The Morgan fingerprint density at radius 1 is 1.41 bits per heavy atom. The molecule has 0 saturated heterocycles. The number of amides is 1. The molecule has 96 valence electrons. The summed E-state index contributed by atoms with van der Waals surface area (Å²) in [6.45, 7) is 9.77. The molecule has 0 saturated carbocycles. The van der Waals surface area contributed by atoms with Gasteiger partial charge in [-0.1, -0.05) is 13.8 Å². The van der Waals surface area contributed by atoms with Gasteiger partial charge in [0.25, 0.3) is 0 Å². The average Bonchev–Trinajstić information content (AvgIpc) is 2.52. The second-order valence-corrected chi connectivity index (χ2v) is 4.54. The lowest BCUT2D eigenvalue weighted by Gasteiger charge is -2.09. The van der Waals surface area contributed by atoms with E-state index in [9.17, 15) is 4.79 Å². The van der Waals surface area contributed by atoms with Crippen molar-refractivity contribution >= 4 is 5.91 Å². The molecule has 0 bridgehead atoms. The quantitative estimate of drug-likeness (QED) is 0.714. The first-order valence-electron chi connectivity index (χ1n) is 6.00. The molecule has 0 radical (unpaired) electrons. The lowest BCUT2D eigenvalue weighted by atomic mass is 10.4. The Morgan fingerprint density at radius 2 is 2.12 bits per heavy atom. The van der Waals surface area contributed by atoms with Crippen molar-refractivity contribution in [1.82, 2.24) is 20.4 Å². The largest absolute Gasteiger partial charge is 0.353 e. The summed E-state index contributed by atoms with van der Waals surface area (Å²) in [5.41, 5.74) is 1.95. The molecule has 0 fully saturated rings. The summed E-state index contributed by atoms with van der Waals surface area (Å²) < 4.78 is 1.72. The molecular formula is C12H22N4O. The fourth-order valence-corrected chi connectivity index (χ4v) is 1.59. The summed E-state index contributed by atoms with van der Waals surface area (Å²) in [5.74, 6) is 0.00163. The van der Waals surface area contributed by atoms with Crippen molar-refractivity contribution in [3.05, 3.63) is 17.5 Å². The van der Waals surface area contributed by atoms with Gasteiger partial charge in [-0.15, -0.1) is 0 Å². The Kier molecular flexibility index (Phi) is 5.15. The Bertz CT molecular complexity index is 371. The molecule has 0 aromatic carbocycles. The zero-order chi connectivity index (χ0) is 12.8. The highest BCUT2D eigenvalue weighted by Crippen LogP contribution is 2.00. The molecule has 17 heavy (non-hydrogen) atoms. The number of aryl methyl sites for hydroxylation is 2. The molecule has 0 spiro atoms. The Balaban J connectivity index is 2.28. The van der Waals surface area contributed by atoms with E-state index in [1.54, 1.807) is 4.68 Å². The van der Waals surface area contributed by atoms with Crippen molar-refractivity contribution in [2.75, 3.05) is 13.1 Å². The predicted octanol–water partition coefficient (Wildman–Crippen LogP) is 0.614. The molecule has 0 aliphatic rings. The van der Waals surface area contributed by atoms with E-state index in [2.05, 4.69) is 29.6 Å². The molecule has 0 atom stereocenters. The van der Waals surface area contributed by atoms with Gasteiger partial charge < -0.3 is 10.6 Å². The van der Waals surface area contributed by atoms with Crippen molar-refractivity contribution in [2.45, 2.75) is 40.3 Å². The normalized spacial score (nSPS) is 10.9. The molecule has 5 heteroatoms. The zero-order valence-corrected chi connectivity index (χ0v) is 11.1. The van der Waals surface area contributed by atoms with Gasteiger partial charge in [-0.2, -0.15) is 5.10 Å². The predicted molar refractivity (Wildman–Crippen MR) is 67.8 cm³/mol. The third kappa shape index (κ3) is 4.99. The first-order chi connectivity index (χ1) is 7.99. The van der Waals surface area contributed by atoms with Crippen molar-refractivity contribution in [2.24, 2.45) is 0 Å². The van der Waals surface area contributed by atoms with Gasteiger partial charge in [0.15, 0.2) is 0 Å². The van der Waals surface area contributed by atoms with Crippen LogP contribution in [0.25, 0.3) is 0 Å². The molecule has 0 aliphatic carbocycles. The van der Waals surface area contributed by atoms with Crippen molar-refractivity contribution in [1.29, 1.82) is 0 Å². The molecule has 1 heterocycles. The van der Waals surface area contributed by atoms with E-state index >= 15 is 0 Å². The van der Waals surface area contributed by atoms with Gasteiger partial charge in [0, 0.05) is 24.8 Å². The highest BCUT2D eigenvalue weighted by molar-refractivity contribution is 5.75. The van der Waals surface area contributed by atoms with Gasteiger partial charge in [0.1, 0.15) is 6.54 Å². The Labute approximate surface area is 103 Å². The van der Waals surface area contributed by atoms with Gasteiger partial charge in [0.05, 0.1) is 5.69 Å². The number of aromatic nitrogens is 2. The molecule has 0 aliphatic heterocycles. The summed E-state index contributed by atoms with van der Waals surface area (Å²) >= 11 is 0. The number of carbonyl (C=O) groups excluding carboxylic acids is 1. The van der Waals surface area contributed by atoms with Crippen molar-refractivity contribution in [3.8, 4) is 0 Å². The number of nitrogens with zero attached hydrogens (tertiary/aromatic N) is 2. The van der Waals surface area contributed by atoms with E-state index in [4.69, 9.17) is 0 Å². The fraction of sp³-hybridized carbons (Fsp3) is 0.667. The summed E-state index contributed by atoms with van der Waals surface area (Å²) in [6.07, 6.45) is 0. The maximum Gasteiger partial charge on any atom is 0.241 e. The number of hydrogen-bond donors (Lipinski definition) is 2. The maximum atomic E-state index is 11.6. The highest BCUT2D eigenvalue weighted by Gasteiger charge is 2.06. The van der Waals surface area contributed by atoms with Crippen LogP contribution in [0.4, 0.5) is 0 Å². The molecule has 1 aromatic rings. The van der Waals surface area contributed by atoms with E-state index in [0.29, 0.717) is 19.1 Å². The lowest BCUT2D eigenvalue weighted by molar-refractivity contribution is -0.121. The van der Waals surface area contributed by atoms with E-state index in [1.807, 2.05) is 19.9 Å². The van der Waals surface area contributed by atoms with Crippen LogP contribution in [0.3, 0.4) is 0 Å². The van der Waals surface area contributed by atoms with Crippen molar-refractivity contribution in [3.63, 3.8) is 0 Å². The molecule has 1 aromatic heterocycles.